The minimum atomic E-state index is -0.414. The summed E-state index contributed by atoms with van der Waals surface area (Å²) in [6, 6.07) is 17.4. The first-order chi connectivity index (χ1) is 22.6. The highest BCUT2D eigenvalue weighted by molar-refractivity contribution is 5.96. The third-order valence-corrected chi connectivity index (χ3v) is 8.75. The summed E-state index contributed by atoms with van der Waals surface area (Å²) in [7, 11) is 4.89. The van der Waals surface area contributed by atoms with Crippen molar-refractivity contribution in [3.63, 3.8) is 0 Å². The van der Waals surface area contributed by atoms with Crippen LogP contribution in [-0.4, -0.2) is 60.2 Å². The predicted molar refractivity (Wildman–Crippen MR) is 183 cm³/mol. The minimum absolute atomic E-state index is 0.0733. The van der Waals surface area contributed by atoms with Gasteiger partial charge in [0.25, 0.3) is 5.91 Å². The maximum Gasteiger partial charge on any atom is 0.275 e. The molecule has 1 aliphatic carbocycles. The molecule has 0 bridgehead atoms. The molecule has 10 nitrogen and oxygen atoms in total. The van der Waals surface area contributed by atoms with Crippen LogP contribution in [0.15, 0.2) is 65.9 Å². The minimum Gasteiger partial charge on any atom is -0.496 e. The van der Waals surface area contributed by atoms with Gasteiger partial charge in [-0.15, -0.1) is 0 Å². The third-order valence-electron chi connectivity index (χ3n) is 8.75. The standard InChI is InChI=1S/C37H49N5O5/c1-25(2)26(3)29(21-34(43)38-22-35(44)41(4)5)39-37(45)30-20-31(42(40-30)23-27-14-9-7-10-15-27)36-32(46-6)18-13-19-33(36)47-24-28-16-11-8-12-17-28/h8,11-13,16-20,25,27H,7,9-10,14-15,21-24H2,1-6H3,(H,38,43)(H,39,45)/b29-26+. The van der Waals surface area contributed by atoms with Crippen LogP contribution in [0.3, 0.4) is 0 Å². The molecule has 1 aliphatic rings. The molecule has 0 saturated heterocycles. The Morgan fingerprint density at radius 1 is 1.00 bits per heavy atom. The number of benzene rings is 2. The zero-order valence-electron chi connectivity index (χ0n) is 28.6. The smallest absolute Gasteiger partial charge is 0.275 e. The van der Waals surface area contributed by atoms with Crippen molar-refractivity contribution in [2.75, 3.05) is 27.7 Å². The van der Waals surface area contributed by atoms with Crippen LogP contribution in [0.1, 0.15) is 75.3 Å². The Balaban J connectivity index is 1.67. The van der Waals surface area contributed by atoms with Gasteiger partial charge in [-0.25, -0.2) is 0 Å². The van der Waals surface area contributed by atoms with Crippen LogP contribution in [0.2, 0.25) is 0 Å². The number of likely N-dealkylation sites (N-methyl/N-ethyl adjacent to an activating group) is 1. The van der Waals surface area contributed by atoms with Gasteiger partial charge in [0, 0.05) is 26.3 Å². The fourth-order valence-corrected chi connectivity index (χ4v) is 5.66. The van der Waals surface area contributed by atoms with E-state index in [1.54, 1.807) is 27.3 Å². The van der Waals surface area contributed by atoms with Gasteiger partial charge in [-0.2, -0.15) is 5.10 Å². The zero-order chi connectivity index (χ0) is 33.9. The summed E-state index contributed by atoms with van der Waals surface area (Å²) in [5, 5.41) is 10.5. The average molecular weight is 644 g/mol. The number of carbonyl (C=O) groups is 3. The lowest BCUT2D eigenvalue weighted by Crippen LogP contribution is -2.37. The molecule has 47 heavy (non-hydrogen) atoms. The first-order valence-corrected chi connectivity index (χ1v) is 16.5. The molecule has 1 heterocycles. The van der Waals surface area contributed by atoms with Crippen molar-refractivity contribution in [3.8, 4) is 22.8 Å². The number of rotatable bonds is 14. The Morgan fingerprint density at radius 2 is 1.70 bits per heavy atom. The molecule has 10 heteroatoms. The van der Waals surface area contributed by atoms with Gasteiger partial charge in [0.2, 0.25) is 11.8 Å². The van der Waals surface area contributed by atoms with Crippen LogP contribution in [0, 0.1) is 11.8 Å². The number of ether oxygens (including phenoxy) is 2. The second kappa shape index (κ2) is 16.8. The molecule has 3 aromatic rings. The van der Waals surface area contributed by atoms with Crippen molar-refractivity contribution in [3.05, 3.63) is 77.1 Å². The van der Waals surface area contributed by atoms with Crippen molar-refractivity contribution >= 4 is 17.7 Å². The third kappa shape index (κ3) is 9.70. The number of aromatic nitrogens is 2. The van der Waals surface area contributed by atoms with E-state index in [-0.39, 0.29) is 36.4 Å². The normalized spacial score (nSPS) is 13.9. The Labute approximate surface area is 278 Å². The maximum absolute atomic E-state index is 13.9. The number of allylic oxidation sites excluding steroid dienone is 1. The lowest BCUT2D eigenvalue weighted by atomic mass is 9.89. The van der Waals surface area contributed by atoms with Crippen LogP contribution in [0.25, 0.3) is 11.3 Å². The molecule has 2 N–H and O–H groups in total. The van der Waals surface area contributed by atoms with Crippen molar-refractivity contribution < 1.29 is 23.9 Å². The second-order valence-corrected chi connectivity index (χ2v) is 12.7. The molecule has 0 unspecified atom stereocenters. The number of amides is 3. The highest BCUT2D eigenvalue weighted by Gasteiger charge is 2.25. The molecule has 2 aromatic carbocycles. The number of nitrogens with zero attached hydrogens (tertiary/aromatic N) is 3. The van der Waals surface area contributed by atoms with E-state index >= 15 is 0 Å². The summed E-state index contributed by atoms with van der Waals surface area (Å²) in [6.45, 7) is 6.83. The van der Waals surface area contributed by atoms with Gasteiger partial charge in [0.1, 0.15) is 18.1 Å². The molecule has 0 aliphatic heterocycles. The topological polar surface area (TPSA) is 115 Å². The van der Waals surface area contributed by atoms with E-state index in [0.717, 1.165) is 35.2 Å². The average Bonchev–Trinajstić information content (AvgIpc) is 3.49. The quantitative estimate of drug-likeness (QED) is 0.224. The Morgan fingerprint density at radius 3 is 2.36 bits per heavy atom. The van der Waals surface area contributed by atoms with E-state index in [0.29, 0.717) is 36.3 Å². The molecule has 3 amide bonds. The molecular weight excluding hydrogens is 594 g/mol. The first kappa shape index (κ1) is 35.3. The van der Waals surface area contributed by atoms with Crippen molar-refractivity contribution in [1.82, 2.24) is 25.3 Å². The lowest BCUT2D eigenvalue weighted by molar-refractivity contribution is -0.130. The fraction of sp³-hybridized carbons (Fsp3) is 0.459. The van der Waals surface area contributed by atoms with E-state index in [2.05, 4.69) is 10.6 Å². The number of nitrogens with one attached hydrogen (secondary N) is 2. The SMILES string of the molecule is COc1cccc(OCc2ccccc2)c1-c1cc(C(=O)N/C(CC(=O)NCC(=O)N(C)C)=C(\C)C(C)C)nn1CC1CCCCC1. The van der Waals surface area contributed by atoms with E-state index in [1.807, 2.05) is 74.0 Å². The van der Waals surface area contributed by atoms with Gasteiger partial charge in [-0.05, 0) is 55.4 Å². The molecule has 1 saturated carbocycles. The number of hydrogen-bond donors (Lipinski definition) is 2. The monoisotopic (exact) mass is 643 g/mol. The van der Waals surface area contributed by atoms with Gasteiger partial charge < -0.3 is 25.0 Å². The molecule has 0 atom stereocenters. The van der Waals surface area contributed by atoms with Crippen LogP contribution >= 0.6 is 0 Å². The molecule has 252 valence electrons. The molecule has 4 rings (SSSR count). The summed E-state index contributed by atoms with van der Waals surface area (Å²) >= 11 is 0. The zero-order valence-corrected chi connectivity index (χ0v) is 28.6. The number of methoxy groups -OCH3 is 1. The first-order valence-electron chi connectivity index (χ1n) is 16.5. The van der Waals surface area contributed by atoms with Crippen molar-refractivity contribution in [1.29, 1.82) is 0 Å². The van der Waals surface area contributed by atoms with Crippen LogP contribution in [0.5, 0.6) is 11.5 Å². The van der Waals surface area contributed by atoms with E-state index in [1.165, 1.54) is 24.2 Å². The maximum atomic E-state index is 13.9. The summed E-state index contributed by atoms with van der Waals surface area (Å²) < 4.78 is 14.1. The van der Waals surface area contributed by atoms with E-state index < -0.39 is 5.91 Å². The Bertz CT molecular complexity index is 1550. The van der Waals surface area contributed by atoms with Gasteiger partial charge in [-0.1, -0.05) is 75.1 Å². The van der Waals surface area contributed by atoms with Crippen LogP contribution in [-0.2, 0) is 22.7 Å². The van der Waals surface area contributed by atoms with E-state index in [9.17, 15) is 14.4 Å². The van der Waals surface area contributed by atoms with Gasteiger partial charge in [0.15, 0.2) is 5.69 Å². The van der Waals surface area contributed by atoms with Crippen molar-refractivity contribution in [2.24, 2.45) is 11.8 Å². The summed E-state index contributed by atoms with van der Waals surface area (Å²) in [6.07, 6.45) is 5.74. The predicted octanol–water partition coefficient (Wildman–Crippen LogP) is 5.97. The van der Waals surface area contributed by atoms with Gasteiger partial charge >= 0.3 is 0 Å². The highest BCUT2D eigenvalue weighted by Crippen LogP contribution is 2.40. The summed E-state index contributed by atoms with van der Waals surface area (Å²) in [5.41, 5.74) is 4.09. The molecule has 0 radical (unpaired) electrons. The second-order valence-electron chi connectivity index (χ2n) is 12.7. The van der Waals surface area contributed by atoms with Crippen LogP contribution in [0.4, 0.5) is 0 Å². The summed E-state index contributed by atoms with van der Waals surface area (Å²) in [4.78, 5) is 40.2. The largest absolute Gasteiger partial charge is 0.496 e. The molecule has 0 spiro atoms. The van der Waals surface area contributed by atoms with E-state index in [4.69, 9.17) is 14.6 Å². The lowest BCUT2D eigenvalue weighted by Gasteiger charge is -2.23. The number of carbonyl (C=O) groups excluding carboxylic acids is 3. The summed E-state index contributed by atoms with van der Waals surface area (Å²) in [5.74, 6) is 0.786. The van der Waals surface area contributed by atoms with Crippen molar-refractivity contribution in [2.45, 2.75) is 72.4 Å². The Kier molecular flexibility index (Phi) is 12.6. The Hall–Kier alpha value is -4.60. The number of hydrogen-bond acceptors (Lipinski definition) is 6. The molecular formula is C37H49N5O5. The highest BCUT2D eigenvalue weighted by atomic mass is 16.5. The fourth-order valence-electron chi connectivity index (χ4n) is 5.66. The molecule has 1 fully saturated rings. The van der Waals surface area contributed by atoms with Gasteiger partial charge in [0.05, 0.1) is 31.3 Å². The van der Waals surface area contributed by atoms with Gasteiger partial charge in [-0.3, -0.25) is 19.1 Å². The molecule has 1 aromatic heterocycles. The van der Waals surface area contributed by atoms with Crippen LogP contribution < -0.4 is 20.1 Å².